The first-order chi connectivity index (χ1) is 7.24. The molecule has 0 fully saturated rings. The average Bonchev–Trinajstić information content (AvgIpc) is 2.25. The van der Waals surface area contributed by atoms with Crippen LogP contribution in [0.25, 0.3) is 0 Å². The molecule has 0 heterocycles. The van der Waals surface area contributed by atoms with Crippen LogP contribution in [0.2, 0.25) is 0 Å². The lowest BCUT2D eigenvalue weighted by Crippen LogP contribution is -2.04. The van der Waals surface area contributed by atoms with Gasteiger partial charge in [0, 0.05) is 11.8 Å². The molecule has 80 valence electrons. The number of hydrogen-bond donors (Lipinski definition) is 0. The maximum absolute atomic E-state index is 4.65. The molecule has 0 atom stereocenters. The lowest BCUT2D eigenvalue weighted by molar-refractivity contribution is 0.828. The van der Waals surface area contributed by atoms with Crippen LogP contribution in [-0.2, 0) is 0 Å². The summed E-state index contributed by atoms with van der Waals surface area (Å²) < 4.78 is 0. The van der Waals surface area contributed by atoms with Gasteiger partial charge in [-0.25, -0.2) is 0 Å². The van der Waals surface area contributed by atoms with Crippen molar-refractivity contribution in [2.75, 3.05) is 0 Å². The van der Waals surface area contributed by atoms with E-state index in [4.69, 9.17) is 0 Å². The van der Waals surface area contributed by atoms with Crippen molar-refractivity contribution in [3.05, 3.63) is 48.6 Å². The minimum absolute atomic E-state index is 0.352. The fourth-order valence-corrected chi connectivity index (χ4v) is 1.46. The Balaban J connectivity index is 2.86. The SMILES string of the molecule is C=CCCC(=NC(C)C)c1ccccc1. The molecule has 0 amide bonds. The first kappa shape index (κ1) is 11.7. The van der Waals surface area contributed by atoms with E-state index in [1.54, 1.807) is 0 Å². The first-order valence-electron chi connectivity index (χ1n) is 5.47. The molecule has 0 bridgehead atoms. The number of aliphatic imine (C=N–C) groups is 1. The Morgan fingerprint density at radius 2 is 2.00 bits per heavy atom. The molecule has 1 aromatic carbocycles. The Labute approximate surface area is 92.6 Å². The van der Waals surface area contributed by atoms with Gasteiger partial charge in [-0.05, 0) is 32.3 Å². The highest BCUT2D eigenvalue weighted by molar-refractivity contribution is 6.00. The van der Waals surface area contributed by atoms with E-state index in [0.29, 0.717) is 6.04 Å². The quantitative estimate of drug-likeness (QED) is 0.507. The Kier molecular flexibility index (Phi) is 4.82. The molecule has 1 rings (SSSR count). The second kappa shape index (κ2) is 6.18. The first-order valence-corrected chi connectivity index (χ1v) is 5.47. The van der Waals surface area contributed by atoms with Crippen molar-refractivity contribution >= 4 is 5.71 Å². The van der Waals surface area contributed by atoms with E-state index in [1.807, 2.05) is 12.1 Å². The molecule has 0 aliphatic carbocycles. The van der Waals surface area contributed by atoms with Gasteiger partial charge < -0.3 is 0 Å². The molecule has 1 aromatic rings. The number of rotatable bonds is 5. The van der Waals surface area contributed by atoms with Crippen LogP contribution in [0, 0.1) is 0 Å². The van der Waals surface area contributed by atoms with E-state index in [0.717, 1.165) is 12.8 Å². The summed E-state index contributed by atoms with van der Waals surface area (Å²) in [6.45, 7) is 7.97. The van der Waals surface area contributed by atoms with Crippen molar-refractivity contribution in [2.45, 2.75) is 32.7 Å². The van der Waals surface area contributed by atoms with Crippen molar-refractivity contribution in [3.63, 3.8) is 0 Å². The van der Waals surface area contributed by atoms with Crippen LogP contribution < -0.4 is 0 Å². The summed E-state index contributed by atoms with van der Waals surface area (Å²) in [6.07, 6.45) is 3.91. The predicted octanol–water partition coefficient (Wildman–Crippen LogP) is 3.85. The van der Waals surface area contributed by atoms with E-state index in [1.165, 1.54) is 11.3 Å². The van der Waals surface area contributed by atoms with Gasteiger partial charge in [0.15, 0.2) is 0 Å². The fraction of sp³-hybridized carbons (Fsp3) is 0.357. The Bertz CT molecular complexity index is 322. The zero-order valence-corrected chi connectivity index (χ0v) is 9.61. The molecule has 0 saturated heterocycles. The molecule has 1 nitrogen and oxygen atoms in total. The maximum atomic E-state index is 4.65. The zero-order valence-electron chi connectivity index (χ0n) is 9.61. The molecular weight excluding hydrogens is 182 g/mol. The van der Waals surface area contributed by atoms with Gasteiger partial charge in [0.25, 0.3) is 0 Å². The molecule has 0 aliphatic heterocycles. The van der Waals surface area contributed by atoms with Crippen LogP contribution in [-0.4, -0.2) is 11.8 Å². The second-order valence-electron chi connectivity index (χ2n) is 3.86. The van der Waals surface area contributed by atoms with Crippen molar-refractivity contribution < 1.29 is 0 Å². The third-order valence-corrected chi connectivity index (χ3v) is 2.11. The summed E-state index contributed by atoms with van der Waals surface area (Å²) in [7, 11) is 0. The van der Waals surface area contributed by atoms with Crippen molar-refractivity contribution in [1.29, 1.82) is 0 Å². The Morgan fingerprint density at radius 3 is 2.53 bits per heavy atom. The summed E-state index contributed by atoms with van der Waals surface area (Å²) in [5.74, 6) is 0. The maximum Gasteiger partial charge on any atom is 0.0446 e. The Hall–Kier alpha value is -1.37. The summed E-state index contributed by atoms with van der Waals surface area (Å²) in [5, 5.41) is 0. The molecule has 1 heteroatoms. The van der Waals surface area contributed by atoms with Crippen molar-refractivity contribution in [1.82, 2.24) is 0 Å². The van der Waals surface area contributed by atoms with E-state index in [2.05, 4.69) is 49.7 Å². The zero-order chi connectivity index (χ0) is 11.1. The van der Waals surface area contributed by atoms with Gasteiger partial charge in [-0.2, -0.15) is 0 Å². The van der Waals surface area contributed by atoms with E-state index in [-0.39, 0.29) is 0 Å². The van der Waals surface area contributed by atoms with Gasteiger partial charge in [-0.1, -0.05) is 36.4 Å². The molecule has 0 N–H and O–H groups in total. The van der Waals surface area contributed by atoms with Gasteiger partial charge in [-0.3, -0.25) is 4.99 Å². The third kappa shape index (κ3) is 4.11. The van der Waals surface area contributed by atoms with Crippen LogP contribution in [0.15, 0.2) is 48.0 Å². The van der Waals surface area contributed by atoms with E-state index < -0.39 is 0 Å². The number of hydrogen-bond acceptors (Lipinski definition) is 1. The Morgan fingerprint density at radius 1 is 1.33 bits per heavy atom. The van der Waals surface area contributed by atoms with Crippen molar-refractivity contribution in [2.24, 2.45) is 4.99 Å². The van der Waals surface area contributed by atoms with Gasteiger partial charge >= 0.3 is 0 Å². The monoisotopic (exact) mass is 201 g/mol. The normalized spacial score (nSPS) is 11.8. The van der Waals surface area contributed by atoms with Gasteiger partial charge in [0.1, 0.15) is 0 Å². The van der Waals surface area contributed by atoms with Gasteiger partial charge in [0.2, 0.25) is 0 Å². The highest BCUT2D eigenvalue weighted by atomic mass is 14.8. The lowest BCUT2D eigenvalue weighted by Gasteiger charge is -2.07. The molecular formula is C14H19N. The van der Waals surface area contributed by atoms with Crippen LogP contribution in [0.3, 0.4) is 0 Å². The molecule has 0 aliphatic rings. The summed E-state index contributed by atoms with van der Waals surface area (Å²) in [4.78, 5) is 4.65. The van der Waals surface area contributed by atoms with Crippen LogP contribution in [0.1, 0.15) is 32.3 Å². The van der Waals surface area contributed by atoms with Crippen LogP contribution in [0.5, 0.6) is 0 Å². The number of allylic oxidation sites excluding steroid dienone is 1. The summed E-state index contributed by atoms with van der Waals surface area (Å²) in [5.41, 5.74) is 2.42. The standard InChI is InChI=1S/C14H19N/c1-4-5-11-14(15-12(2)3)13-9-7-6-8-10-13/h4,6-10,12H,1,5,11H2,2-3H3. The van der Waals surface area contributed by atoms with Crippen LogP contribution >= 0.6 is 0 Å². The van der Waals surface area contributed by atoms with Crippen LogP contribution in [0.4, 0.5) is 0 Å². The van der Waals surface area contributed by atoms with Crippen molar-refractivity contribution in [3.8, 4) is 0 Å². The molecule has 0 aromatic heterocycles. The third-order valence-electron chi connectivity index (χ3n) is 2.11. The topological polar surface area (TPSA) is 12.4 Å². The lowest BCUT2D eigenvalue weighted by atomic mass is 10.1. The predicted molar refractivity (Wildman–Crippen MR) is 67.5 cm³/mol. The highest BCUT2D eigenvalue weighted by Crippen LogP contribution is 2.08. The molecule has 0 saturated carbocycles. The smallest absolute Gasteiger partial charge is 0.0446 e. The molecule has 15 heavy (non-hydrogen) atoms. The van der Waals surface area contributed by atoms with Gasteiger partial charge in [-0.15, -0.1) is 6.58 Å². The molecule has 0 radical (unpaired) electrons. The number of nitrogens with zero attached hydrogens (tertiary/aromatic N) is 1. The minimum atomic E-state index is 0.352. The molecule has 0 unspecified atom stereocenters. The minimum Gasteiger partial charge on any atom is -0.286 e. The number of benzene rings is 1. The second-order valence-corrected chi connectivity index (χ2v) is 3.86. The average molecular weight is 201 g/mol. The van der Waals surface area contributed by atoms with E-state index >= 15 is 0 Å². The van der Waals surface area contributed by atoms with E-state index in [9.17, 15) is 0 Å². The highest BCUT2D eigenvalue weighted by Gasteiger charge is 2.02. The fourth-order valence-electron chi connectivity index (χ4n) is 1.46. The largest absolute Gasteiger partial charge is 0.286 e. The summed E-state index contributed by atoms with van der Waals surface area (Å²) in [6, 6.07) is 10.7. The summed E-state index contributed by atoms with van der Waals surface area (Å²) >= 11 is 0. The molecule has 0 spiro atoms. The van der Waals surface area contributed by atoms with Gasteiger partial charge in [0.05, 0.1) is 0 Å².